The number of nitro groups is 1. The summed E-state index contributed by atoms with van der Waals surface area (Å²) in [6, 6.07) is 10.0. The number of carbonyl (C=O) groups excluding carboxylic acids is 1. The van der Waals surface area contributed by atoms with E-state index in [1.165, 1.54) is 12.3 Å². The Morgan fingerprint density at radius 2 is 1.79 bits per heavy atom. The molecule has 5 heterocycles. The highest BCUT2D eigenvalue weighted by atomic mass is 32.2. The van der Waals surface area contributed by atoms with Crippen molar-refractivity contribution in [2.75, 3.05) is 54.4 Å². The number of aromatic amines is 1. The summed E-state index contributed by atoms with van der Waals surface area (Å²) in [4.78, 5) is 40.8. The van der Waals surface area contributed by atoms with Crippen molar-refractivity contribution >= 4 is 53.9 Å². The van der Waals surface area contributed by atoms with Crippen LogP contribution in [0.15, 0.2) is 59.9 Å². The minimum atomic E-state index is -4.60. The van der Waals surface area contributed by atoms with Crippen molar-refractivity contribution in [3.05, 3.63) is 70.7 Å². The third kappa shape index (κ3) is 8.57. The molecule has 304 valence electrons. The van der Waals surface area contributed by atoms with Gasteiger partial charge >= 0.3 is 5.69 Å². The molecule has 0 radical (unpaired) electrons. The zero-order valence-corrected chi connectivity index (χ0v) is 33.6. The number of pyridine rings is 2. The average Bonchev–Trinajstić information content (AvgIpc) is 3.65. The van der Waals surface area contributed by atoms with E-state index >= 15 is 0 Å². The van der Waals surface area contributed by atoms with Crippen LogP contribution in [-0.2, 0) is 19.8 Å². The van der Waals surface area contributed by atoms with Crippen LogP contribution in [0.1, 0.15) is 68.6 Å². The molecule has 2 saturated carbocycles. The number of anilines is 2. The second-order valence-corrected chi connectivity index (χ2v) is 20.5. The SMILES string of the molecule is CC1CCC(CNc2ncc(S(=O)(=O)NC(=O)c3ccc(N4CCC5(CC4)CC(N4CCS(=N)(=O)CC4)C5)cc3Oc3cnc4[nH]ccc4c3)cc2[N+](=O)[O-])CC1. The number of amides is 1. The Morgan fingerprint density at radius 1 is 1.05 bits per heavy atom. The fourth-order valence-corrected chi connectivity index (χ4v) is 11.1. The molecular formula is C39H49N9O7S2. The normalized spacial score (nSPS) is 22.5. The first-order chi connectivity index (χ1) is 27.2. The number of ether oxygens (including phenoxy) is 1. The molecule has 1 spiro atoms. The fourth-order valence-electron chi connectivity index (χ4n) is 8.90. The van der Waals surface area contributed by atoms with Crippen LogP contribution < -0.4 is 19.7 Å². The van der Waals surface area contributed by atoms with Gasteiger partial charge in [0, 0.05) is 89.4 Å². The highest BCUT2D eigenvalue weighted by Crippen LogP contribution is 2.51. The summed E-state index contributed by atoms with van der Waals surface area (Å²) in [5.74, 6) is 1.38. The summed E-state index contributed by atoms with van der Waals surface area (Å²) >= 11 is 0. The summed E-state index contributed by atoms with van der Waals surface area (Å²) in [5.41, 5.74) is 1.18. The summed E-state index contributed by atoms with van der Waals surface area (Å²) < 4.78 is 55.6. The summed E-state index contributed by atoms with van der Waals surface area (Å²) in [5, 5.41) is 15.9. The van der Waals surface area contributed by atoms with E-state index in [4.69, 9.17) is 9.52 Å². The number of carbonyl (C=O) groups is 1. The quantitative estimate of drug-likeness (QED) is 0.0994. The fraction of sp³-hybridized carbons (Fsp3) is 0.513. The first kappa shape index (κ1) is 39.0. The Kier molecular flexibility index (Phi) is 10.6. The van der Waals surface area contributed by atoms with Gasteiger partial charge in [0.1, 0.15) is 22.0 Å². The number of hydrogen-bond donors (Lipinski definition) is 4. The average molecular weight is 820 g/mol. The monoisotopic (exact) mass is 819 g/mol. The molecule has 2 saturated heterocycles. The first-order valence-corrected chi connectivity index (χ1v) is 23.1. The Balaban J connectivity index is 0.979. The molecule has 4 aliphatic rings. The van der Waals surface area contributed by atoms with Crippen molar-refractivity contribution in [3.63, 3.8) is 0 Å². The molecule has 2 aliphatic carbocycles. The van der Waals surface area contributed by atoms with Crippen molar-refractivity contribution < 1.29 is 27.1 Å². The summed E-state index contributed by atoms with van der Waals surface area (Å²) in [6.45, 7) is 5.75. The van der Waals surface area contributed by atoms with E-state index in [-0.39, 0.29) is 22.5 Å². The molecule has 4 N–H and O–H groups in total. The van der Waals surface area contributed by atoms with Crippen molar-refractivity contribution in [2.24, 2.45) is 17.3 Å². The minimum Gasteiger partial charge on any atom is -0.455 e. The molecule has 0 bridgehead atoms. The summed E-state index contributed by atoms with van der Waals surface area (Å²) in [6.07, 6.45) is 12.6. The van der Waals surface area contributed by atoms with E-state index in [2.05, 4.69) is 41.7 Å². The molecule has 1 aromatic carbocycles. The first-order valence-electron chi connectivity index (χ1n) is 19.7. The number of hydrogen-bond acceptors (Lipinski definition) is 13. The van der Waals surface area contributed by atoms with Gasteiger partial charge in [-0.25, -0.2) is 27.3 Å². The third-order valence-electron chi connectivity index (χ3n) is 12.5. The number of aromatic nitrogens is 3. The van der Waals surface area contributed by atoms with Crippen molar-refractivity contribution in [2.45, 2.75) is 69.2 Å². The molecule has 1 amide bonds. The lowest BCUT2D eigenvalue weighted by Crippen LogP contribution is -2.57. The smallest absolute Gasteiger partial charge is 0.312 e. The molecule has 2 aliphatic heterocycles. The largest absolute Gasteiger partial charge is 0.455 e. The number of nitrogens with zero attached hydrogens (tertiary/aromatic N) is 5. The molecule has 8 rings (SSSR count). The van der Waals surface area contributed by atoms with Gasteiger partial charge in [0.25, 0.3) is 15.9 Å². The number of H-pyrrole nitrogens is 1. The van der Waals surface area contributed by atoms with Gasteiger partial charge in [0.05, 0.1) is 22.9 Å². The third-order valence-corrected chi connectivity index (χ3v) is 15.5. The molecule has 0 atom stereocenters. The Bertz CT molecular complexity index is 2370. The summed E-state index contributed by atoms with van der Waals surface area (Å²) in [7, 11) is -7.02. The standard InChI is InChI=1S/C39H49N9O7S2/c1-26-2-4-27(5-3-26)23-42-37-34(48(50)51)20-32(25-44-37)57(53,54)45-38(49)33-7-6-29(19-35(33)55-31-18-28-8-11-41-36(28)43-24-31)46-12-9-39(10-13-46)21-30(22-39)47-14-16-56(40,52)17-15-47/h6-8,11,18-20,24-27,30,40H,2-5,9-10,12-17,21-23H2,1H3,(H,41,43)(H,42,44)(H,45,49). The second-order valence-electron chi connectivity index (χ2n) is 16.4. The predicted octanol–water partition coefficient (Wildman–Crippen LogP) is 6.13. The predicted molar refractivity (Wildman–Crippen MR) is 217 cm³/mol. The van der Waals surface area contributed by atoms with E-state index in [1.54, 1.807) is 24.4 Å². The van der Waals surface area contributed by atoms with E-state index in [9.17, 15) is 27.5 Å². The van der Waals surface area contributed by atoms with Gasteiger partial charge in [-0.05, 0) is 80.0 Å². The van der Waals surface area contributed by atoms with Gasteiger partial charge in [0.2, 0.25) is 5.82 Å². The van der Waals surface area contributed by atoms with Gasteiger partial charge in [-0.1, -0.05) is 19.8 Å². The van der Waals surface area contributed by atoms with Gasteiger partial charge in [-0.15, -0.1) is 0 Å². The van der Waals surface area contributed by atoms with Crippen LogP contribution in [0.5, 0.6) is 11.5 Å². The molecule has 4 fully saturated rings. The molecule has 0 unspecified atom stereocenters. The Labute approximate surface area is 332 Å². The van der Waals surface area contributed by atoms with Gasteiger partial charge < -0.3 is 19.9 Å². The number of sulfonamides is 1. The van der Waals surface area contributed by atoms with Crippen LogP contribution >= 0.6 is 0 Å². The molecule has 16 nitrogen and oxygen atoms in total. The maximum atomic E-state index is 13.8. The van der Waals surface area contributed by atoms with Crippen LogP contribution in [0.2, 0.25) is 0 Å². The number of benzene rings is 1. The highest BCUT2D eigenvalue weighted by molar-refractivity contribution is 7.92. The van der Waals surface area contributed by atoms with E-state index in [0.29, 0.717) is 47.3 Å². The van der Waals surface area contributed by atoms with Gasteiger partial charge in [0.15, 0.2) is 0 Å². The molecule has 3 aromatic heterocycles. The molecule has 4 aromatic rings. The van der Waals surface area contributed by atoms with Crippen molar-refractivity contribution in [3.8, 4) is 11.5 Å². The second kappa shape index (κ2) is 15.5. The minimum absolute atomic E-state index is 0.0203. The van der Waals surface area contributed by atoms with Gasteiger partial charge in [-0.2, -0.15) is 0 Å². The van der Waals surface area contributed by atoms with Crippen molar-refractivity contribution in [1.82, 2.24) is 24.6 Å². The Hall–Kier alpha value is -4.81. The maximum absolute atomic E-state index is 13.8. The van der Waals surface area contributed by atoms with Gasteiger partial charge in [-0.3, -0.25) is 24.6 Å². The van der Waals surface area contributed by atoms with E-state index in [0.717, 1.165) is 101 Å². The topological polar surface area (TPSA) is 217 Å². The number of fused-ring (bicyclic) bond motifs is 1. The molecular weight excluding hydrogens is 771 g/mol. The lowest BCUT2D eigenvalue weighted by atomic mass is 9.60. The van der Waals surface area contributed by atoms with Crippen LogP contribution in [-0.4, -0.2) is 93.6 Å². The highest BCUT2D eigenvalue weighted by Gasteiger charge is 2.48. The molecule has 18 heteroatoms. The van der Waals surface area contributed by atoms with E-state index < -0.39 is 41.2 Å². The zero-order valence-electron chi connectivity index (χ0n) is 31.9. The van der Waals surface area contributed by atoms with Crippen LogP contribution in [0.25, 0.3) is 11.0 Å². The lowest BCUT2D eigenvalue weighted by Gasteiger charge is -2.56. The lowest BCUT2D eigenvalue weighted by molar-refractivity contribution is -0.384. The number of nitrogens with one attached hydrogen (secondary N) is 4. The zero-order chi connectivity index (χ0) is 40.0. The molecule has 57 heavy (non-hydrogen) atoms. The number of piperidine rings is 1. The maximum Gasteiger partial charge on any atom is 0.312 e. The Morgan fingerprint density at radius 3 is 2.51 bits per heavy atom. The van der Waals surface area contributed by atoms with Crippen molar-refractivity contribution in [1.29, 1.82) is 4.78 Å². The number of rotatable bonds is 11. The van der Waals surface area contributed by atoms with E-state index in [1.807, 2.05) is 6.07 Å². The van der Waals surface area contributed by atoms with Crippen LogP contribution in [0.3, 0.4) is 0 Å². The van der Waals surface area contributed by atoms with Crippen LogP contribution in [0.4, 0.5) is 17.2 Å². The van der Waals surface area contributed by atoms with Crippen LogP contribution in [0, 0.1) is 32.1 Å².